The van der Waals surface area contributed by atoms with Crippen LogP contribution in [0.1, 0.15) is 51.8 Å². The highest BCUT2D eigenvalue weighted by molar-refractivity contribution is 7.07. The number of hydrogen-bond donors (Lipinski definition) is 0. The zero-order valence-electron chi connectivity index (χ0n) is 25.1. The monoisotopic (exact) mass is 662 g/mol. The second kappa shape index (κ2) is 14.3. The summed E-state index contributed by atoms with van der Waals surface area (Å²) in [7, 11) is 1.26. The Labute approximate surface area is 268 Å². The predicted octanol–water partition coefficient (Wildman–Crippen LogP) is 4.84. The topological polar surface area (TPSA) is 115 Å². The first kappa shape index (κ1) is 33.1. The van der Waals surface area contributed by atoms with E-state index < -0.39 is 23.5 Å². The van der Waals surface area contributed by atoms with Crippen molar-refractivity contribution < 1.29 is 33.3 Å². The van der Waals surface area contributed by atoms with Crippen molar-refractivity contribution in [3.8, 4) is 17.2 Å². The van der Waals surface area contributed by atoms with Gasteiger partial charge in [0.2, 0.25) is 0 Å². The molecule has 4 rings (SSSR count). The molecule has 0 radical (unpaired) electrons. The summed E-state index contributed by atoms with van der Waals surface area (Å²) in [5.41, 5.74) is 1.26. The number of aromatic nitrogens is 1. The fraction of sp³-hybridized carbons (Fsp3) is 0.355. The normalized spacial score (nSPS) is 14.7. The number of allylic oxidation sites excluding steroid dienone is 1. The number of esters is 2. The van der Waals surface area contributed by atoms with Crippen molar-refractivity contribution in [3.05, 3.63) is 82.5 Å². The summed E-state index contributed by atoms with van der Waals surface area (Å²) in [6, 6.07) is 7.30. The van der Waals surface area contributed by atoms with Gasteiger partial charge in [0.15, 0.2) is 22.9 Å². The van der Waals surface area contributed by atoms with Crippen LogP contribution < -0.4 is 29.1 Å². The molecule has 0 aliphatic carbocycles. The number of ether oxygens (including phenoxy) is 5. The summed E-state index contributed by atoms with van der Waals surface area (Å²) in [5.74, 6) is -0.165. The van der Waals surface area contributed by atoms with Crippen LogP contribution in [0, 0.1) is 0 Å². The molecule has 13 heteroatoms. The summed E-state index contributed by atoms with van der Waals surface area (Å²) < 4.78 is 29.2. The number of rotatable bonds is 11. The molecule has 0 unspecified atom stereocenters. The van der Waals surface area contributed by atoms with Crippen LogP contribution in [0.4, 0.5) is 0 Å². The van der Waals surface area contributed by atoms with E-state index in [1.54, 1.807) is 57.2 Å². The minimum atomic E-state index is -0.907. The maximum Gasteiger partial charge on any atom is 0.343 e. The number of fused-ring (bicyclic) bond motifs is 1. The van der Waals surface area contributed by atoms with E-state index in [-0.39, 0.29) is 24.9 Å². The summed E-state index contributed by atoms with van der Waals surface area (Å²) in [4.78, 5) is 44.1. The van der Waals surface area contributed by atoms with Crippen molar-refractivity contribution in [3.63, 3.8) is 0 Å². The molecule has 1 aromatic heterocycles. The number of carbonyl (C=O) groups excluding carboxylic acids is 2. The molecule has 0 spiro atoms. The zero-order chi connectivity index (χ0) is 32.1. The van der Waals surface area contributed by atoms with Gasteiger partial charge >= 0.3 is 11.9 Å². The Morgan fingerprint density at radius 2 is 1.84 bits per heavy atom. The lowest BCUT2D eigenvalue weighted by Gasteiger charge is -2.25. The van der Waals surface area contributed by atoms with Crippen LogP contribution in [0.3, 0.4) is 0 Å². The largest absolute Gasteiger partial charge is 0.490 e. The van der Waals surface area contributed by atoms with Gasteiger partial charge in [-0.1, -0.05) is 40.6 Å². The Bertz CT molecular complexity index is 1790. The second-order valence-corrected chi connectivity index (χ2v) is 11.6. The molecule has 44 heavy (non-hydrogen) atoms. The van der Waals surface area contributed by atoms with E-state index in [0.29, 0.717) is 60.1 Å². The molecule has 0 bridgehead atoms. The van der Waals surface area contributed by atoms with Gasteiger partial charge in [-0.15, -0.1) is 0 Å². The second-order valence-electron chi connectivity index (χ2n) is 9.78. The molecular weight excluding hydrogens is 631 g/mol. The van der Waals surface area contributed by atoms with E-state index in [1.165, 1.54) is 11.7 Å². The van der Waals surface area contributed by atoms with Gasteiger partial charge in [-0.25, -0.2) is 14.6 Å². The van der Waals surface area contributed by atoms with Crippen LogP contribution in [0.15, 0.2) is 51.4 Å². The van der Waals surface area contributed by atoms with Gasteiger partial charge in [0.05, 0.1) is 53.3 Å². The smallest absolute Gasteiger partial charge is 0.343 e. The summed E-state index contributed by atoms with van der Waals surface area (Å²) >= 11 is 13.9. The van der Waals surface area contributed by atoms with Crippen LogP contribution in [-0.4, -0.2) is 49.5 Å². The Kier molecular flexibility index (Phi) is 10.8. The summed E-state index contributed by atoms with van der Waals surface area (Å²) in [6.45, 7) is 9.02. The highest BCUT2D eigenvalue weighted by Crippen LogP contribution is 2.37. The van der Waals surface area contributed by atoms with E-state index in [0.717, 1.165) is 11.3 Å². The Balaban J connectivity index is 1.94. The lowest BCUT2D eigenvalue weighted by atomic mass is 9.95. The molecule has 2 aromatic carbocycles. The number of thiazole rings is 1. The zero-order valence-corrected chi connectivity index (χ0v) is 27.4. The highest BCUT2D eigenvalue weighted by Gasteiger charge is 2.34. The fourth-order valence-electron chi connectivity index (χ4n) is 4.57. The molecule has 0 saturated carbocycles. The molecule has 0 fully saturated rings. The van der Waals surface area contributed by atoms with Crippen LogP contribution in [0.25, 0.3) is 6.08 Å². The summed E-state index contributed by atoms with van der Waals surface area (Å²) in [5, 5.41) is 0.683. The third-order valence-corrected chi connectivity index (χ3v) is 7.83. The molecule has 1 aliphatic heterocycles. The molecular formula is C31H32Cl2N2O8S. The minimum absolute atomic E-state index is 0.130. The first-order chi connectivity index (χ1) is 21.0. The van der Waals surface area contributed by atoms with Gasteiger partial charge < -0.3 is 23.7 Å². The molecule has 3 aromatic rings. The average Bonchev–Trinajstić information content (AvgIpc) is 3.27. The van der Waals surface area contributed by atoms with Crippen molar-refractivity contribution in [1.82, 2.24) is 4.57 Å². The number of methoxy groups -OCH3 is 1. The third-order valence-electron chi connectivity index (χ3n) is 6.35. The van der Waals surface area contributed by atoms with Gasteiger partial charge in [-0.3, -0.25) is 9.36 Å². The van der Waals surface area contributed by atoms with Crippen molar-refractivity contribution in [2.45, 2.75) is 46.8 Å². The van der Waals surface area contributed by atoms with E-state index in [2.05, 4.69) is 9.73 Å². The number of nitrogens with zero attached hydrogens (tertiary/aromatic N) is 2. The molecule has 2 heterocycles. The van der Waals surface area contributed by atoms with Gasteiger partial charge in [-0.05, 0) is 70.5 Å². The molecule has 234 valence electrons. The molecule has 0 amide bonds. The summed E-state index contributed by atoms with van der Waals surface area (Å²) in [6.07, 6.45) is 1.46. The number of hydrogen-bond acceptors (Lipinski definition) is 10. The van der Waals surface area contributed by atoms with Crippen LogP contribution in [0.2, 0.25) is 10.0 Å². The van der Waals surface area contributed by atoms with Crippen molar-refractivity contribution in [2.75, 3.05) is 26.9 Å². The lowest BCUT2D eigenvalue weighted by Crippen LogP contribution is -2.40. The van der Waals surface area contributed by atoms with Crippen LogP contribution in [0.5, 0.6) is 17.2 Å². The highest BCUT2D eigenvalue weighted by atomic mass is 35.5. The van der Waals surface area contributed by atoms with Gasteiger partial charge in [-0.2, -0.15) is 0 Å². The van der Waals surface area contributed by atoms with E-state index in [9.17, 15) is 14.4 Å². The quantitative estimate of drug-likeness (QED) is 0.268. The number of halogens is 2. The SMILES string of the molecule is CCOC(=O)C1=C(C)N=c2s/c(=C/c3cc(Cl)cc(Cl)c3OC(C)C)c(=O)n2[C@H]1c1ccc(OCC(=O)OC)c(OCC)c1. The maximum atomic E-state index is 14.1. The number of benzene rings is 2. The van der Waals surface area contributed by atoms with E-state index >= 15 is 0 Å². The molecule has 0 saturated heterocycles. The lowest BCUT2D eigenvalue weighted by molar-refractivity contribution is -0.143. The van der Waals surface area contributed by atoms with E-state index in [1.807, 2.05) is 13.8 Å². The minimum Gasteiger partial charge on any atom is -0.490 e. The van der Waals surface area contributed by atoms with Crippen LogP contribution in [-0.2, 0) is 19.1 Å². The fourth-order valence-corrected chi connectivity index (χ4v) is 6.16. The van der Waals surface area contributed by atoms with Crippen molar-refractivity contribution in [1.29, 1.82) is 0 Å². The van der Waals surface area contributed by atoms with Gasteiger partial charge in [0.1, 0.15) is 5.75 Å². The van der Waals surface area contributed by atoms with Gasteiger partial charge in [0, 0.05) is 10.6 Å². The van der Waals surface area contributed by atoms with Crippen LogP contribution >= 0.6 is 34.5 Å². The van der Waals surface area contributed by atoms with Crippen molar-refractivity contribution >= 4 is 52.6 Å². The Morgan fingerprint density at radius 1 is 1.09 bits per heavy atom. The third kappa shape index (κ3) is 7.11. The first-order valence-corrected chi connectivity index (χ1v) is 15.4. The number of carbonyl (C=O) groups is 2. The predicted molar refractivity (Wildman–Crippen MR) is 168 cm³/mol. The average molecular weight is 664 g/mol. The Hall–Kier alpha value is -3.80. The Morgan fingerprint density at radius 3 is 2.50 bits per heavy atom. The standard InChI is InChI=1S/C31H32Cl2N2O8S/c1-7-40-23-12-18(9-10-22(23)42-15-25(36)39-6)27-26(30(38)41-8-2)17(5)34-31-35(27)29(37)24(44-31)13-19-11-20(32)14-21(33)28(19)43-16(3)4/h9-14,16,27H,7-8,15H2,1-6H3/b24-13+/t27-/m0/s1. The van der Waals surface area contributed by atoms with Gasteiger partial charge in [0.25, 0.3) is 5.56 Å². The molecule has 0 N–H and O–H groups in total. The van der Waals surface area contributed by atoms with E-state index in [4.69, 9.17) is 42.1 Å². The molecule has 1 aliphatic rings. The first-order valence-electron chi connectivity index (χ1n) is 13.8. The molecule has 10 nitrogen and oxygen atoms in total. The van der Waals surface area contributed by atoms with Crippen molar-refractivity contribution in [2.24, 2.45) is 4.99 Å². The maximum absolute atomic E-state index is 14.1. The molecule has 1 atom stereocenters.